The average Bonchev–Trinajstić information content (AvgIpc) is 2.04. The second kappa shape index (κ2) is 2.19. The fourth-order valence-corrected chi connectivity index (χ4v) is 0.674. The summed E-state index contributed by atoms with van der Waals surface area (Å²) in [6.45, 7) is 0. The molecule has 1 N–H and O–H groups in total. The van der Waals surface area contributed by atoms with Crippen LogP contribution in [0.25, 0.3) is 11.2 Å². The molecule has 0 atom stereocenters. The van der Waals surface area contributed by atoms with E-state index in [0.717, 1.165) is 0 Å². The van der Waals surface area contributed by atoms with Gasteiger partial charge in [0.05, 0.1) is 0 Å². The maximum atomic E-state index is 10.8. The van der Waals surface area contributed by atoms with Crippen LogP contribution >= 0.6 is 0 Å². The minimum atomic E-state index is -0.710. The Hall–Kier alpha value is -2.12. The second-order valence-corrected chi connectivity index (χ2v) is 1.89. The van der Waals surface area contributed by atoms with Gasteiger partial charge in [-0.2, -0.15) is 0 Å². The normalized spacial score (nSPS) is 10.3. The number of H-pyrrole nitrogens is 1. The highest BCUT2D eigenvalue weighted by Gasteiger charge is 2.04. The first kappa shape index (κ1) is 6.58. The van der Waals surface area contributed by atoms with Crippen LogP contribution < -0.4 is 11.2 Å². The molecule has 2 heterocycles. The van der Waals surface area contributed by atoms with Crippen molar-refractivity contribution >= 4 is 11.2 Å². The maximum absolute atomic E-state index is 10.8. The highest BCUT2D eigenvalue weighted by Crippen LogP contribution is 1.92. The first-order valence-electron chi connectivity index (χ1n) is 2.87. The van der Waals surface area contributed by atoms with Gasteiger partial charge < -0.3 is 4.52 Å². The van der Waals surface area contributed by atoms with Crippen LogP contribution in [0.4, 0.5) is 0 Å². The van der Waals surface area contributed by atoms with Crippen LogP contribution in [0, 0.1) is 0 Å². The van der Waals surface area contributed by atoms with E-state index in [-0.39, 0.29) is 11.2 Å². The molecule has 8 nitrogen and oxygen atoms in total. The minimum absolute atomic E-state index is 0.130. The summed E-state index contributed by atoms with van der Waals surface area (Å²) in [4.78, 5) is 23.5. The zero-order valence-electron chi connectivity index (χ0n) is 5.51. The van der Waals surface area contributed by atoms with Crippen molar-refractivity contribution in [3.8, 4) is 0 Å². The Balaban J connectivity index is 3.06. The predicted octanol–water partition coefficient (Wildman–Crippen LogP) is -1.94. The smallest absolute Gasteiger partial charge is 0.318 e. The summed E-state index contributed by atoms with van der Waals surface area (Å²) in [5.74, 6) is 0. The first-order chi connectivity index (χ1) is 5.77. The Morgan fingerprint density at radius 3 is 2.83 bits per heavy atom. The molecule has 2 aromatic rings. The van der Waals surface area contributed by atoms with Gasteiger partial charge in [0.2, 0.25) is 5.52 Å². The molecule has 2 rings (SSSR count). The third-order valence-corrected chi connectivity index (χ3v) is 1.14. The van der Waals surface area contributed by atoms with Gasteiger partial charge in [0.25, 0.3) is 5.71 Å². The summed E-state index contributed by atoms with van der Waals surface area (Å²) in [5.41, 5.74) is -1.68. The van der Waals surface area contributed by atoms with E-state index in [2.05, 4.69) is 30.1 Å². The number of fused-ring (bicyclic) bond motifs is 1. The highest BCUT2D eigenvalue weighted by molar-refractivity contribution is 5.63. The quantitative estimate of drug-likeness (QED) is 0.485. The van der Waals surface area contributed by atoms with Crippen LogP contribution in [0.3, 0.4) is 0 Å². The molecule has 12 heavy (non-hydrogen) atoms. The average molecular weight is 167 g/mol. The van der Waals surface area contributed by atoms with E-state index in [1.165, 1.54) is 0 Å². The van der Waals surface area contributed by atoms with Crippen molar-refractivity contribution in [2.45, 2.75) is 0 Å². The van der Waals surface area contributed by atoms with Gasteiger partial charge in [-0.1, -0.05) is 10.2 Å². The molecule has 0 unspecified atom stereocenters. The van der Waals surface area contributed by atoms with Gasteiger partial charge in [-0.05, 0) is 0 Å². The van der Waals surface area contributed by atoms with Crippen LogP contribution in [-0.2, 0) is 0 Å². The Morgan fingerprint density at radius 2 is 2.00 bits per heavy atom. The topological polar surface area (TPSA) is 115 Å². The minimum Gasteiger partial charge on any atom is -0.318 e. The molecule has 0 aliphatic carbocycles. The molecule has 0 aliphatic rings. The SMILES string of the molecule is O=c1nnc2c(=O)nnoc2[nH]1. The van der Waals surface area contributed by atoms with Gasteiger partial charge in [0.15, 0.2) is 0 Å². The zero-order chi connectivity index (χ0) is 8.55. The molecule has 0 fully saturated rings. The van der Waals surface area contributed by atoms with E-state index in [4.69, 9.17) is 0 Å². The van der Waals surface area contributed by atoms with Gasteiger partial charge in [-0.15, -0.1) is 5.10 Å². The summed E-state index contributed by atoms with van der Waals surface area (Å²) >= 11 is 0. The van der Waals surface area contributed by atoms with Gasteiger partial charge in [0.1, 0.15) is 0 Å². The van der Waals surface area contributed by atoms with Crippen molar-refractivity contribution < 1.29 is 4.52 Å². The van der Waals surface area contributed by atoms with Gasteiger partial charge in [-0.25, -0.2) is 4.79 Å². The van der Waals surface area contributed by atoms with Crippen molar-refractivity contribution in [1.29, 1.82) is 0 Å². The third kappa shape index (κ3) is 0.856. The number of aromatic nitrogens is 5. The van der Waals surface area contributed by atoms with Crippen LogP contribution in [0.5, 0.6) is 0 Å². The lowest BCUT2D eigenvalue weighted by Gasteiger charge is -1.86. The number of hydrogen-bond donors (Lipinski definition) is 1. The summed E-state index contributed by atoms with van der Waals surface area (Å²) < 4.78 is 4.45. The van der Waals surface area contributed by atoms with Gasteiger partial charge >= 0.3 is 11.2 Å². The van der Waals surface area contributed by atoms with Crippen LogP contribution in [0.15, 0.2) is 14.1 Å². The second-order valence-electron chi connectivity index (χ2n) is 1.89. The molecule has 0 aliphatic heterocycles. The van der Waals surface area contributed by atoms with E-state index in [1.807, 2.05) is 0 Å². The number of nitrogens with zero attached hydrogens (tertiary/aromatic N) is 4. The molecule has 0 spiro atoms. The first-order valence-corrected chi connectivity index (χ1v) is 2.87. The molecule has 0 bridgehead atoms. The molecule has 8 heteroatoms. The van der Waals surface area contributed by atoms with E-state index < -0.39 is 11.2 Å². The van der Waals surface area contributed by atoms with Crippen molar-refractivity contribution in [3.63, 3.8) is 0 Å². The summed E-state index contributed by atoms with van der Waals surface area (Å²) in [6, 6.07) is 0. The van der Waals surface area contributed by atoms with Crippen molar-refractivity contribution in [1.82, 2.24) is 25.6 Å². The van der Waals surface area contributed by atoms with Crippen molar-refractivity contribution in [3.05, 3.63) is 20.8 Å². The molecule has 0 saturated carbocycles. The lowest BCUT2D eigenvalue weighted by Crippen LogP contribution is -2.18. The molecule has 2 aromatic heterocycles. The largest absolute Gasteiger partial charge is 0.366 e. The van der Waals surface area contributed by atoms with E-state index >= 15 is 0 Å². The molecule has 0 radical (unpaired) electrons. The van der Waals surface area contributed by atoms with Crippen molar-refractivity contribution in [2.24, 2.45) is 0 Å². The Morgan fingerprint density at radius 1 is 1.17 bits per heavy atom. The van der Waals surface area contributed by atoms with Crippen LogP contribution in [0.1, 0.15) is 0 Å². The number of rotatable bonds is 0. The fourth-order valence-electron chi connectivity index (χ4n) is 0.674. The number of aromatic amines is 1. The Bertz CT molecular complexity index is 528. The van der Waals surface area contributed by atoms with Crippen LogP contribution in [-0.4, -0.2) is 25.6 Å². The molecule has 60 valence electrons. The Kier molecular flexibility index (Phi) is 1.20. The summed E-state index contributed by atoms with van der Waals surface area (Å²) in [6.07, 6.45) is 0. The summed E-state index contributed by atoms with van der Waals surface area (Å²) in [7, 11) is 0. The third-order valence-electron chi connectivity index (χ3n) is 1.14. The van der Waals surface area contributed by atoms with Gasteiger partial charge in [-0.3, -0.25) is 9.78 Å². The lowest BCUT2D eigenvalue weighted by molar-refractivity contribution is 0.385. The molecule has 0 saturated heterocycles. The fraction of sp³-hybridized carbons (Fsp3) is 0. The van der Waals surface area contributed by atoms with E-state index in [0.29, 0.717) is 0 Å². The predicted molar refractivity (Wildman–Crippen MR) is 34.3 cm³/mol. The molecule has 0 aromatic carbocycles. The molecular weight excluding hydrogens is 166 g/mol. The summed E-state index contributed by atoms with van der Waals surface area (Å²) in [5, 5.41) is 12.4. The van der Waals surface area contributed by atoms with E-state index in [9.17, 15) is 9.59 Å². The number of hydrogen-bond acceptors (Lipinski definition) is 7. The lowest BCUT2D eigenvalue weighted by atomic mass is 10.6. The highest BCUT2D eigenvalue weighted by atomic mass is 16.5. The standard InChI is InChI=1S/C4HN5O3/c10-2-1-3(12-9-7-2)5-4(11)8-6-1/h(H,5,8,11). The van der Waals surface area contributed by atoms with Crippen LogP contribution in [0.2, 0.25) is 0 Å². The zero-order valence-corrected chi connectivity index (χ0v) is 5.51. The molecule has 0 amide bonds. The Labute approximate surface area is 63.2 Å². The van der Waals surface area contributed by atoms with Crippen molar-refractivity contribution in [2.75, 3.05) is 0 Å². The molecular formula is C4HN5O3. The van der Waals surface area contributed by atoms with Gasteiger partial charge in [0, 0.05) is 5.27 Å². The monoisotopic (exact) mass is 167 g/mol. The number of nitrogens with one attached hydrogen (secondary N) is 1. The maximum Gasteiger partial charge on any atom is 0.366 e. The van der Waals surface area contributed by atoms with E-state index in [1.54, 1.807) is 0 Å².